The number of benzene rings is 1. The van der Waals surface area contributed by atoms with Gasteiger partial charge in [-0.25, -0.2) is 4.57 Å². The van der Waals surface area contributed by atoms with E-state index in [-0.39, 0.29) is 14.5 Å². The number of amides is 1. The molecule has 0 aliphatic heterocycles. The SMILES string of the molecule is CCCCCC1CCC(NC(=O)c2ccc(NP=O)cc2)C1. The van der Waals surface area contributed by atoms with Gasteiger partial charge in [-0.3, -0.25) is 4.79 Å². The van der Waals surface area contributed by atoms with Crippen molar-refractivity contribution in [3.8, 4) is 0 Å². The minimum atomic E-state index is -0.135. The molecule has 2 rings (SSSR count). The first-order chi connectivity index (χ1) is 10.7. The summed E-state index contributed by atoms with van der Waals surface area (Å²) < 4.78 is 10.5. The number of nitrogens with one attached hydrogen (secondary N) is 2. The van der Waals surface area contributed by atoms with Crippen LogP contribution >= 0.6 is 8.61 Å². The summed E-state index contributed by atoms with van der Waals surface area (Å²) in [5.74, 6) is 0.768. The maximum absolute atomic E-state index is 12.2. The molecule has 1 aromatic rings. The number of hydrogen-bond donors (Lipinski definition) is 2. The van der Waals surface area contributed by atoms with Crippen LogP contribution in [0.1, 0.15) is 62.2 Å². The molecule has 2 unspecified atom stereocenters. The Kier molecular flexibility index (Phi) is 6.85. The van der Waals surface area contributed by atoms with Gasteiger partial charge in [-0.1, -0.05) is 32.6 Å². The van der Waals surface area contributed by atoms with Gasteiger partial charge in [0.25, 0.3) is 14.5 Å². The van der Waals surface area contributed by atoms with Gasteiger partial charge in [-0.15, -0.1) is 0 Å². The number of hydrogen-bond acceptors (Lipinski definition) is 2. The highest BCUT2D eigenvalue weighted by Gasteiger charge is 2.25. The van der Waals surface area contributed by atoms with Crippen molar-refractivity contribution in [3.63, 3.8) is 0 Å². The Morgan fingerprint density at radius 3 is 2.68 bits per heavy atom. The van der Waals surface area contributed by atoms with Crippen molar-refractivity contribution in [2.75, 3.05) is 5.09 Å². The van der Waals surface area contributed by atoms with Crippen LogP contribution in [0, 0.1) is 5.92 Å². The lowest BCUT2D eigenvalue weighted by atomic mass is 10.00. The summed E-state index contributed by atoms with van der Waals surface area (Å²) in [6, 6.07) is 7.37. The standard InChI is InChI=1S/C17H25N2O2P/c1-2-3-4-5-13-6-9-16(12-13)18-17(20)14-7-10-15(11-8-14)19-22-21/h7-8,10-11,13,16H,2-6,9,12H2,1H3,(H,18,20)(H,19,21). The molecule has 0 saturated heterocycles. The second-order valence-electron chi connectivity index (χ2n) is 6.13. The first kappa shape index (κ1) is 17.0. The van der Waals surface area contributed by atoms with Gasteiger partial charge in [0, 0.05) is 17.3 Å². The zero-order chi connectivity index (χ0) is 15.8. The molecule has 1 aliphatic carbocycles. The molecule has 5 heteroatoms. The molecule has 0 aromatic heterocycles. The van der Waals surface area contributed by atoms with E-state index in [1.54, 1.807) is 24.3 Å². The Balaban J connectivity index is 1.78. The summed E-state index contributed by atoms with van der Waals surface area (Å²) in [7, 11) is -0.135. The summed E-state index contributed by atoms with van der Waals surface area (Å²) in [5, 5.41) is 5.81. The average molecular weight is 320 g/mol. The molecule has 0 radical (unpaired) electrons. The molecule has 4 nitrogen and oxygen atoms in total. The summed E-state index contributed by atoms with van der Waals surface area (Å²) >= 11 is 0. The van der Waals surface area contributed by atoms with Crippen LogP contribution in [0.25, 0.3) is 0 Å². The van der Waals surface area contributed by atoms with E-state index in [1.165, 1.54) is 32.1 Å². The van der Waals surface area contributed by atoms with Crippen molar-refractivity contribution >= 4 is 20.2 Å². The molecule has 1 saturated carbocycles. The Hall–Kier alpha value is -1.41. The number of unbranched alkanes of at least 4 members (excludes halogenated alkanes) is 2. The van der Waals surface area contributed by atoms with E-state index in [9.17, 15) is 9.36 Å². The lowest BCUT2D eigenvalue weighted by Crippen LogP contribution is -2.32. The van der Waals surface area contributed by atoms with Crippen LogP contribution < -0.4 is 10.4 Å². The molecule has 0 bridgehead atoms. The summed E-state index contributed by atoms with van der Waals surface area (Å²) in [5.41, 5.74) is 1.40. The van der Waals surface area contributed by atoms with Gasteiger partial charge in [0.1, 0.15) is 0 Å². The van der Waals surface area contributed by atoms with Crippen molar-refractivity contribution in [3.05, 3.63) is 29.8 Å². The van der Waals surface area contributed by atoms with E-state index in [4.69, 9.17) is 0 Å². The van der Waals surface area contributed by atoms with Crippen molar-refractivity contribution in [1.29, 1.82) is 0 Å². The summed E-state index contributed by atoms with van der Waals surface area (Å²) in [6.07, 6.45) is 8.64. The van der Waals surface area contributed by atoms with Crippen molar-refractivity contribution in [2.45, 2.75) is 57.9 Å². The highest BCUT2D eigenvalue weighted by atomic mass is 31.1. The maximum Gasteiger partial charge on any atom is 0.279 e. The van der Waals surface area contributed by atoms with Gasteiger partial charge in [-0.05, 0) is 49.4 Å². The van der Waals surface area contributed by atoms with Crippen LogP contribution in [-0.2, 0) is 4.57 Å². The number of rotatable bonds is 8. The number of carbonyl (C=O) groups is 1. The third kappa shape index (κ3) is 5.10. The predicted molar refractivity (Wildman–Crippen MR) is 90.4 cm³/mol. The molecule has 0 spiro atoms. The largest absolute Gasteiger partial charge is 0.349 e. The Bertz CT molecular complexity index is 490. The van der Waals surface area contributed by atoms with E-state index >= 15 is 0 Å². The van der Waals surface area contributed by atoms with Crippen molar-refractivity contribution in [1.82, 2.24) is 5.32 Å². The van der Waals surface area contributed by atoms with Crippen LogP contribution in [0.5, 0.6) is 0 Å². The van der Waals surface area contributed by atoms with Gasteiger partial charge in [0.15, 0.2) is 0 Å². The fraction of sp³-hybridized carbons (Fsp3) is 0.588. The highest BCUT2D eigenvalue weighted by Crippen LogP contribution is 2.30. The van der Waals surface area contributed by atoms with E-state index in [0.29, 0.717) is 11.6 Å². The van der Waals surface area contributed by atoms with E-state index < -0.39 is 0 Å². The molecular weight excluding hydrogens is 295 g/mol. The Morgan fingerprint density at radius 1 is 1.23 bits per heavy atom. The fourth-order valence-corrected chi connectivity index (χ4v) is 3.42. The predicted octanol–water partition coefficient (Wildman–Crippen LogP) is 4.78. The van der Waals surface area contributed by atoms with Gasteiger partial charge in [0.2, 0.25) is 0 Å². The van der Waals surface area contributed by atoms with E-state index in [1.807, 2.05) is 0 Å². The third-order valence-electron chi connectivity index (χ3n) is 4.41. The maximum atomic E-state index is 12.2. The van der Waals surface area contributed by atoms with Crippen LogP contribution in [0.15, 0.2) is 24.3 Å². The second kappa shape index (κ2) is 8.89. The topological polar surface area (TPSA) is 58.2 Å². The lowest BCUT2D eigenvalue weighted by molar-refractivity contribution is 0.0937. The first-order valence-corrected chi connectivity index (χ1v) is 9.03. The van der Waals surface area contributed by atoms with Gasteiger partial charge in [0.05, 0.1) is 0 Å². The second-order valence-corrected chi connectivity index (χ2v) is 6.53. The van der Waals surface area contributed by atoms with Crippen LogP contribution in [0.3, 0.4) is 0 Å². The Labute approximate surface area is 134 Å². The molecule has 1 aromatic carbocycles. The third-order valence-corrected chi connectivity index (χ3v) is 4.76. The number of anilines is 1. The summed E-state index contributed by atoms with van der Waals surface area (Å²) in [6.45, 7) is 2.23. The zero-order valence-corrected chi connectivity index (χ0v) is 14.1. The molecular formula is C17H25N2O2P. The fourth-order valence-electron chi connectivity index (χ4n) is 3.17. The molecule has 120 valence electrons. The Morgan fingerprint density at radius 2 is 2.00 bits per heavy atom. The van der Waals surface area contributed by atoms with E-state index in [0.717, 1.165) is 24.4 Å². The van der Waals surface area contributed by atoms with Gasteiger partial charge in [-0.2, -0.15) is 0 Å². The van der Waals surface area contributed by atoms with Crippen molar-refractivity contribution in [2.24, 2.45) is 5.92 Å². The first-order valence-electron chi connectivity index (χ1n) is 8.22. The number of carbonyl (C=O) groups excluding carboxylic acids is 1. The zero-order valence-electron chi connectivity index (χ0n) is 13.2. The molecule has 1 amide bonds. The van der Waals surface area contributed by atoms with Crippen LogP contribution in [-0.4, -0.2) is 11.9 Å². The highest BCUT2D eigenvalue weighted by molar-refractivity contribution is 7.25. The van der Waals surface area contributed by atoms with Gasteiger partial charge >= 0.3 is 0 Å². The molecule has 22 heavy (non-hydrogen) atoms. The molecule has 1 fully saturated rings. The van der Waals surface area contributed by atoms with Crippen molar-refractivity contribution < 1.29 is 9.36 Å². The van der Waals surface area contributed by atoms with E-state index in [2.05, 4.69) is 17.3 Å². The molecule has 2 N–H and O–H groups in total. The minimum absolute atomic E-state index is 0.00886. The normalized spacial score (nSPS) is 21.0. The molecule has 1 aliphatic rings. The lowest BCUT2D eigenvalue weighted by Gasteiger charge is -2.13. The monoisotopic (exact) mass is 320 g/mol. The smallest absolute Gasteiger partial charge is 0.279 e. The average Bonchev–Trinajstić information content (AvgIpc) is 2.96. The molecule has 0 heterocycles. The van der Waals surface area contributed by atoms with Crippen LogP contribution in [0.4, 0.5) is 5.69 Å². The van der Waals surface area contributed by atoms with Crippen LogP contribution in [0.2, 0.25) is 0 Å². The van der Waals surface area contributed by atoms with Gasteiger partial charge < -0.3 is 10.4 Å². The quantitative estimate of drug-likeness (QED) is 0.535. The minimum Gasteiger partial charge on any atom is -0.349 e. The molecule has 2 atom stereocenters. The summed E-state index contributed by atoms with van der Waals surface area (Å²) in [4.78, 5) is 12.2.